The maximum Gasteiger partial charge on any atom is 0.266 e. The number of piperidine rings is 1. The number of benzene rings is 2. The Morgan fingerprint density at radius 1 is 1.10 bits per heavy atom. The van der Waals surface area contributed by atoms with Crippen molar-refractivity contribution < 1.29 is 33.3 Å². The number of aryl methyl sites for hydroxylation is 1. The number of hydrogen-bond acceptors (Lipinski definition) is 10. The number of aromatic nitrogens is 1. The van der Waals surface area contributed by atoms with Crippen LogP contribution in [0, 0.1) is 12.8 Å². The van der Waals surface area contributed by atoms with Crippen LogP contribution in [-0.4, -0.2) is 104 Å². The largest absolute Gasteiger partial charge is 0.493 e. The van der Waals surface area contributed by atoms with Gasteiger partial charge in [0, 0.05) is 44.9 Å². The summed E-state index contributed by atoms with van der Waals surface area (Å²) in [4.78, 5) is 51.3. The van der Waals surface area contributed by atoms with Crippen LogP contribution in [0.15, 0.2) is 42.5 Å². The van der Waals surface area contributed by atoms with Crippen molar-refractivity contribution in [1.82, 2.24) is 20.1 Å². The lowest BCUT2D eigenvalue weighted by molar-refractivity contribution is -0.124. The molecule has 0 saturated carbocycles. The molecule has 2 atom stereocenters. The number of likely N-dealkylation sites (N-methyl/N-ethyl adjacent to an activating group) is 1. The molecule has 3 aliphatic rings. The van der Waals surface area contributed by atoms with E-state index in [1.54, 1.807) is 30.1 Å². The fraction of sp³-hybridized carbons (Fsp3) is 0.486. The highest BCUT2D eigenvalue weighted by atomic mass is 32.1. The van der Waals surface area contributed by atoms with Gasteiger partial charge in [0.25, 0.3) is 11.8 Å². The molecule has 4 heterocycles. The molecule has 6 rings (SSSR count). The van der Waals surface area contributed by atoms with Crippen molar-refractivity contribution in [2.75, 3.05) is 64.5 Å². The SMILES string of the molecule is Cc1nc(N2CCOCC2)sc1C(=O)N1CC[C@@H]2NC(=O)CN(C)C(=O)c3cc(OCC(C)C)cc(c3)Oc3cccc(c3)CO[C@H]2C1. The number of likely N-dealkylation sites (tertiary alicyclic amines) is 1. The molecule has 256 valence electrons. The van der Waals surface area contributed by atoms with E-state index in [1.165, 1.54) is 16.2 Å². The number of nitrogens with one attached hydrogen (secondary N) is 1. The van der Waals surface area contributed by atoms with Gasteiger partial charge in [-0.2, -0.15) is 0 Å². The van der Waals surface area contributed by atoms with Crippen LogP contribution in [0.5, 0.6) is 17.2 Å². The number of amides is 3. The van der Waals surface area contributed by atoms with Crippen LogP contribution in [-0.2, 0) is 20.9 Å². The Labute approximate surface area is 284 Å². The smallest absolute Gasteiger partial charge is 0.266 e. The van der Waals surface area contributed by atoms with Gasteiger partial charge in [-0.25, -0.2) is 4.98 Å². The first-order valence-corrected chi connectivity index (χ1v) is 17.2. The van der Waals surface area contributed by atoms with E-state index in [9.17, 15) is 14.4 Å². The van der Waals surface area contributed by atoms with Crippen LogP contribution in [0.3, 0.4) is 0 Å². The fourth-order valence-corrected chi connectivity index (χ4v) is 7.03. The molecular formula is C35H43N5O7S. The zero-order chi connectivity index (χ0) is 33.8. The van der Waals surface area contributed by atoms with E-state index in [4.69, 9.17) is 23.9 Å². The highest BCUT2D eigenvalue weighted by Crippen LogP contribution is 2.31. The van der Waals surface area contributed by atoms with E-state index in [0.29, 0.717) is 78.6 Å². The summed E-state index contributed by atoms with van der Waals surface area (Å²) in [6.45, 7) is 10.0. The van der Waals surface area contributed by atoms with Crippen LogP contribution < -0.4 is 19.7 Å². The Kier molecular flexibility index (Phi) is 10.5. The number of hydrogen-bond donors (Lipinski definition) is 1. The van der Waals surface area contributed by atoms with Crippen molar-refractivity contribution in [2.45, 2.75) is 45.9 Å². The van der Waals surface area contributed by atoms with Crippen LogP contribution in [0.1, 0.15) is 51.6 Å². The van der Waals surface area contributed by atoms with Crippen molar-refractivity contribution in [3.8, 4) is 17.2 Å². The molecule has 3 aromatic rings. The van der Waals surface area contributed by atoms with Gasteiger partial charge < -0.3 is 39.0 Å². The zero-order valence-corrected chi connectivity index (χ0v) is 28.7. The van der Waals surface area contributed by atoms with E-state index in [-0.39, 0.29) is 36.9 Å². The number of rotatable bonds is 5. The van der Waals surface area contributed by atoms with Crippen molar-refractivity contribution in [1.29, 1.82) is 0 Å². The maximum atomic E-state index is 13.8. The lowest BCUT2D eigenvalue weighted by Gasteiger charge is -2.39. The summed E-state index contributed by atoms with van der Waals surface area (Å²) in [5.74, 6) is 1.09. The number of morpholine rings is 1. The number of thiazole rings is 1. The minimum absolute atomic E-state index is 0.0938. The summed E-state index contributed by atoms with van der Waals surface area (Å²) in [5.41, 5.74) is 1.92. The van der Waals surface area contributed by atoms with E-state index in [1.807, 2.05) is 45.0 Å². The lowest BCUT2D eigenvalue weighted by atomic mass is 10.0. The fourth-order valence-electron chi connectivity index (χ4n) is 5.95. The summed E-state index contributed by atoms with van der Waals surface area (Å²) in [6, 6.07) is 12.3. The molecule has 2 fully saturated rings. The second-order valence-corrected chi connectivity index (χ2v) is 13.9. The Balaban J connectivity index is 1.23. The van der Waals surface area contributed by atoms with Gasteiger partial charge in [-0.15, -0.1) is 0 Å². The average Bonchev–Trinajstić information content (AvgIpc) is 3.47. The van der Waals surface area contributed by atoms with Crippen molar-refractivity contribution >= 4 is 34.2 Å². The Hall–Kier alpha value is -4.20. The molecule has 12 nitrogen and oxygen atoms in total. The van der Waals surface area contributed by atoms with Crippen molar-refractivity contribution in [3.05, 3.63) is 64.2 Å². The van der Waals surface area contributed by atoms with E-state index in [0.717, 1.165) is 23.8 Å². The number of carbonyl (C=O) groups is 3. The Morgan fingerprint density at radius 2 is 1.92 bits per heavy atom. The minimum Gasteiger partial charge on any atom is -0.493 e. The molecule has 4 bridgehead atoms. The second-order valence-electron chi connectivity index (χ2n) is 12.9. The molecule has 0 unspecified atom stereocenters. The van der Waals surface area contributed by atoms with E-state index >= 15 is 0 Å². The summed E-state index contributed by atoms with van der Waals surface area (Å²) in [7, 11) is 1.59. The van der Waals surface area contributed by atoms with Crippen molar-refractivity contribution in [3.63, 3.8) is 0 Å². The van der Waals surface area contributed by atoms with Crippen LogP contribution >= 0.6 is 11.3 Å². The summed E-state index contributed by atoms with van der Waals surface area (Å²) >= 11 is 1.41. The first kappa shape index (κ1) is 33.7. The predicted molar refractivity (Wildman–Crippen MR) is 181 cm³/mol. The topological polar surface area (TPSA) is 123 Å². The maximum absolute atomic E-state index is 13.8. The predicted octanol–water partition coefficient (Wildman–Crippen LogP) is 4.12. The van der Waals surface area contributed by atoms with Gasteiger partial charge >= 0.3 is 0 Å². The average molecular weight is 678 g/mol. The molecule has 48 heavy (non-hydrogen) atoms. The summed E-state index contributed by atoms with van der Waals surface area (Å²) in [6.07, 6.45) is 0.0147. The third-order valence-electron chi connectivity index (χ3n) is 8.49. The molecule has 3 aliphatic heterocycles. The van der Waals surface area contributed by atoms with Gasteiger partial charge in [0.2, 0.25) is 5.91 Å². The molecule has 0 radical (unpaired) electrons. The third kappa shape index (κ3) is 8.08. The summed E-state index contributed by atoms with van der Waals surface area (Å²) < 4.78 is 24.1. The normalized spacial score (nSPS) is 20.6. The first-order valence-electron chi connectivity index (χ1n) is 16.4. The first-order chi connectivity index (χ1) is 23.1. The van der Waals surface area contributed by atoms with Gasteiger partial charge in [-0.3, -0.25) is 14.4 Å². The van der Waals surface area contributed by atoms with Crippen LogP contribution in [0.25, 0.3) is 0 Å². The minimum atomic E-state index is -0.481. The summed E-state index contributed by atoms with van der Waals surface area (Å²) in [5, 5.41) is 3.92. The number of anilines is 1. The third-order valence-corrected chi connectivity index (χ3v) is 9.70. The molecule has 2 saturated heterocycles. The molecule has 3 amide bonds. The van der Waals surface area contributed by atoms with Gasteiger partial charge in [0.05, 0.1) is 50.8 Å². The van der Waals surface area contributed by atoms with Crippen LogP contribution in [0.4, 0.5) is 5.13 Å². The number of carbonyl (C=O) groups excluding carboxylic acids is 3. The monoisotopic (exact) mass is 677 g/mol. The van der Waals surface area contributed by atoms with Gasteiger partial charge in [-0.1, -0.05) is 37.3 Å². The molecular weight excluding hydrogens is 634 g/mol. The Morgan fingerprint density at radius 3 is 2.71 bits per heavy atom. The standard InChI is InChI=1S/C35H43N5O7S/c1-22(2)20-45-27-15-25-16-28(17-27)47-26-7-5-6-24(14-26)21-46-30-18-40(9-8-29(30)37-31(41)19-38(4)33(25)42)34(43)32-23(3)36-35(48-32)39-10-12-44-13-11-39/h5-7,14-17,22,29-30H,8-13,18-21H2,1-4H3,(H,37,41)/t29-,30-/m0/s1. The van der Waals surface area contributed by atoms with Gasteiger partial charge in [-0.05, 0) is 49.1 Å². The highest BCUT2D eigenvalue weighted by Gasteiger charge is 2.35. The van der Waals surface area contributed by atoms with Crippen molar-refractivity contribution in [2.24, 2.45) is 5.92 Å². The molecule has 13 heteroatoms. The Bertz CT molecular complexity index is 1640. The van der Waals surface area contributed by atoms with Gasteiger partial charge in [0.15, 0.2) is 5.13 Å². The zero-order valence-electron chi connectivity index (χ0n) is 27.9. The molecule has 0 spiro atoms. The van der Waals surface area contributed by atoms with Crippen LogP contribution in [0.2, 0.25) is 0 Å². The van der Waals surface area contributed by atoms with E-state index < -0.39 is 6.10 Å². The quantitative estimate of drug-likeness (QED) is 0.425. The number of nitrogens with zero attached hydrogens (tertiary/aromatic N) is 4. The molecule has 1 aromatic heterocycles. The number of fused-ring (bicyclic) bond motifs is 5. The lowest BCUT2D eigenvalue weighted by Crippen LogP contribution is -2.57. The van der Waals surface area contributed by atoms with Gasteiger partial charge in [0.1, 0.15) is 22.1 Å². The molecule has 0 aliphatic carbocycles. The molecule has 1 N–H and O–H groups in total. The second kappa shape index (κ2) is 14.9. The molecule has 2 aromatic carbocycles. The highest BCUT2D eigenvalue weighted by molar-refractivity contribution is 7.17. The van der Waals surface area contributed by atoms with E-state index in [2.05, 4.69) is 10.2 Å². The number of ether oxygens (including phenoxy) is 4.